The van der Waals surface area contributed by atoms with Crippen molar-refractivity contribution in [3.8, 4) is 6.07 Å². The minimum absolute atomic E-state index is 0.164. The molecule has 0 aromatic carbocycles. The smallest absolute Gasteiger partial charge is 0.231 e. The molecule has 100 valence electrons. The van der Waals surface area contributed by atoms with E-state index in [0.29, 0.717) is 18.9 Å². The predicted octanol–water partition coefficient (Wildman–Crippen LogP) is 0.927. The van der Waals surface area contributed by atoms with Gasteiger partial charge in [0.25, 0.3) is 0 Å². The first-order chi connectivity index (χ1) is 9.78. The van der Waals surface area contributed by atoms with Gasteiger partial charge in [-0.2, -0.15) is 5.26 Å². The van der Waals surface area contributed by atoms with Gasteiger partial charge in [0.05, 0.1) is 23.4 Å². The van der Waals surface area contributed by atoms with Crippen LogP contribution >= 0.6 is 0 Å². The van der Waals surface area contributed by atoms with Crippen LogP contribution in [0.1, 0.15) is 0 Å². The first kappa shape index (κ1) is 12.5. The lowest BCUT2D eigenvalue weighted by molar-refractivity contribution is -0.119. The zero-order chi connectivity index (χ0) is 13.9. The minimum Gasteiger partial charge on any atom is -0.315 e. The molecule has 2 N–H and O–H groups in total. The third-order valence-electron chi connectivity index (χ3n) is 3.46. The van der Waals surface area contributed by atoms with E-state index in [-0.39, 0.29) is 17.7 Å². The van der Waals surface area contributed by atoms with Crippen LogP contribution in [0.15, 0.2) is 30.6 Å². The van der Waals surface area contributed by atoms with Gasteiger partial charge in [-0.3, -0.25) is 9.78 Å². The van der Waals surface area contributed by atoms with Crippen LogP contribution in [0, 0.1) is 23.2 Å². The van der Waals surface area contributed by atoms with E-state index in [1.807, 2.05) is 6.07 Å². The van der Waals surface area contributed by atoms with Crippen LogP contribution in [0.5, 0.6) is 0 Å². The second kappa shape index (κ2) is 5.23. The highest BCUT2D eigenvalue weighted by molar-refractivity contribution is 5.93. The van der Waals surface area contributed by atoms with Gasteiger partial charge in [0.1, 0.15) is 5.82 Å². The molecular weight excluding hydrogens is 254 g/mol. The van der Waals surface area contributed by atoms with E-state index in [2.05, 4.69) is 26.7 Å². The molecule has 0 bridgehead atoms. The molecule has 0 radical (unpaired) electrons. The van der Waals surface area contributed by atoms with Crippen molar-refractivity contribution in [3.05, 3.63) is 30.6 Å². The standard InChI is InChI=1S/C14H13N5O/c15-5-10-7-17-8-11(10)14(20)19-13-2-1-9-6-16-4-3-12(9)18-13/h1-4,6,10-11,17H,7-8H2,(H,18,19,20). The van der Waals surface area contributed by atoms with Gasteiger partial charge >= 0.3 is 0 Å². The molecule has 6 heteroatoms. The molecule has 0 aliphatic carbocycles. The molecule has 2 unspecified atom stereocenters. The third kappa shape index (κ3) is 2.31. The maximum absolute atomic E-state index is 12.2. The summed E-state index contributed by atoms with van der Waals surface area (Å²) < 4.78 is 0. The van der Waals surface area contributed by atoms with E-state index in [1.54, 1.807) is 24.5 Å². The number of hydrogen-bond donors (Lipinski definition) is 2. The van der Waals surface area contributed by atoms with Gasteiger partial charge in [-0.1, -0.05) is 0 Å². The Morgan fingerprint density at radius 2 is 2.30 bits per heavy atom. The zero-order valence-corrected chi connectivity index (χ0v) is 10.7. The van der Waals surface area contributed by atoms with E-state index in [9.17, 15) is 4.79 Å². The molecule has 1 saturated heterocycles. The second-order valence-corrected chi connectivity index (χ2v) is 4.75. The Labute approximate surface area is 115 Å². The Kier molecular flexibility index (Phi) is 3.27. The van der Waals surface area contributed by atoms with E-state index in [1.165, 1.54) is 0 Å². The van der Waals surface area contributed by atoms with Gasteiger partial charge in [-0.25, -0.2) is 4.98 Å². The number of nitriles is 1. The highest BCUT2D eigenvalue weighted by atomic mass is 16.2. The van der Waals surface area contributed by atoms with Crippen LogP contribution in [0.2, 0.25) is 0 Å². The van der Waals surface area contributed by atoms with Crippen LogP contribution in [-0.4, -0.2) is 29.0 Å². The van der Waals surface area contributed by atoms with Gasteiger partial charge in [-0.05, 0) is 18.2 Å². The molecule has 2 aromatic rings. The summed E-state index contributed by atoms with van der Waals surface area (Å²) in [5.41, 5.74) is 0.777. The molecule has 0 spiro atoms. The van der Waals surface area contributed by atoms with E-state index >= 15 is 0 Å². The molecular formula is C14H13N5O. The Morgan fingerprint density at radius 3 is 3.15 bits per heavy atom. The molecule has 0 saturated carbocycles. The number of rotatable bonds is 2. The number of anilines is 1. The largest absolute Gasteiger partial charge is 0.315 e. The van der Waals surface area contributed by atoms with E-state index < -0.39 is 0 Å². The molecule has 1 aliphatic rings. The highest BCUT2D eigenvalue weighted by Gasteiger charge is 2.33. The van der Waals surface area contributed by atoms with Gasteiger partial charge in [0.15, 0.2) is 0 Å². The summed E-state index contributed by atoms with van der Waals surface area (Å²) in [5, 5.41) is 15.8. The topological polar surface area (TPSA) is 90.7 Å². The van der Waals surface area contributed by atoms with Crippen molar-refractivity contribution in [2.75, 3.05) is 18.4 Å². The molecule has 3 rings (SSSR count). The van der Waals surface area contributed by atoms with Crippen molar-refractivity contribution in [1.29, 1.82) is 5.26 Å². The monoisotopic (exact) mass is 267 g/mol. The van der Waals surface area contributed by atoms with Crippen LogP contribution in [-0.2, 0) is 4.79 Å². The molecule has 2 aromatic heterocycles. The number of carbonyl (C=O) groups excluding carboxylic acids is 1. The molecule has 2 atom stereocenters. The van der Waals surface area contributed by atoms with Crippen molar-refractivity contribution in [3.63, 3.8) is 0 Å². The number of nitrogens with zero attached hydrogens (tertiary/aromatic N) is 3. The summed E-state index contributed by atoms with van der Waals surface area (Å²) >= 11 is 0. The summed E-state index contributed by atoms with van der Waals surface area (Å²) in [7, 11) is 0. The zero-order valence-electron chi connectivity index (χ0n) is 10.7. The highest BCUT2D eigenvalue weighted by Crippen LogP contribution is 2.19. The number of pyridine rings is 2. The minimum atomic E-state index is -0.324. The van der Waals surface area contributed by atoms with Gasteiger partial charge < -0.3 is 10.6 Å². The van der Waals surface area contributed by atoms with Crippen molar-refractivity contribution < 1.29 is 4.79 Å². The summed E-state index contributed by atoms with van der Waals surface area (Å²) in [6.07, 6.45) is 3.38. The lowest BCUT2D eigenvalue weighted by Gasteiger charge is -2.12. The molecule has 20 heavy (non-hydrogen) atoms. The lowest BCUT2D eigenvalue weighted by Crippen LogP contribution is -2.28. The fourth-order valence-electron chi connectivity index (χ4n) is 2.34. The first-order valence-electron chi connectivity index (χ1n) is 6.40. The molecule has 1 amide bonds. The normalized spacial score (nSPS) is 21.6. The molecule has 6 nitrogen and oxygen atoms in total. The van der Waals surface area contributed by atoms with Crippen molar-refractivity contribution in [2.45, 2.75) is 0 Å². The Bertz CT molecular complexity index is 693. The van der Waals surface area contributed by atoms with Gasteiger partial charge in [0, 0.05) is 30.9 Å². The average Bonchev–Trinajstić information content (AvgIpc) is 2.95. The maximum Gasteiger partial charge on any atom is 0.231 e. The average molecular weight is 267 g/mol. The number of aromatic nitrogens is 2. The third-order valence-corrected chi connectivity index (χ3v) is 3.46. The van der Waals surface area contributed by atoms with E-state index in [4.69, 9.17) is 5.26 Å². The van der Waals surface area contributed by atoms with Gasteiger partial charge in [0.2, 0.25) is 5.91 Å². The summed E-state index contributed by atoms with van der Waals surface area (Å²) in [4.78, 5) is 20.5. The number of carbonyl (C=O) groups is 1. The van der Waals surface area contributed by atoms with Gasteiger partial charge in [-0.15, -0.1) is 0 Å². The number of fused-ring (bicyclic) bond motifs is 1. The fourth-order valence-corrected chi connectivity index (χ4v) is 2.34. The molecule has 1 fully saturated rings. The van der Waals surface area contributed by atoms with Crippen molar-refractivity contribution >= 4 is 22.6 Å². The lowest BCUT2D eigenvalue weighted by atomic mass is 9.97. The van der Waals surface area contributed by atoms with Crippen LogP contribution in [0.25, 0.3) is 10.9 Å². The molecule has 3 heterocycles. The number of nitrogens with one attached hydrogen (secondary N) is 2. The van der Waals surface area contributed by atoms with E-state index in [0.717, 1.165) is 10.9 Å². The predicted molar refractivity (Wildman–Crippen MR) is 73.6 cm³/mol. The first-order valence-corrected chi connectivity index (χ1v) is 6.40. The summed E-state index contributed by atoms with van der Waals surface area (Å²) in [5.74, 6) is -0.269. The van der Waals surface area contributed by atoms with Crippen molar-refractivity contribution in [1.82, 2.24) is 15.3 Å². The SMILES string of the molecule is N#CC1CNCC1C(=O)Nc1ccc2cnccc2n1. The molecule has 1 aliphatic heterocycles. The second-order valence-electron chi connectivity index (χ2n) is 4.75. The number of hydrogen-bond acceptors (Lipinski definition) is 5. The van der Waals surface area contributed by atoms with Crippen molar-refractivity contribution in [2.24, 2.45) is 11.8 Å². The fraction of sp³-hybridized carbons (Fsp3) is 0.286. The van der Waals surface area contributed by atoms with Crippen LogP contribution in [0.3, 0.4) is 0 Å². The number of amides is 1. The van der Waals surface area contributed by atoms with Crippen LogP contribution < -0.4 is 10.6 Å². The Balaban J connectivity index is 1.79. The quantitative estimate of drug-likeness (QED) is 0.844. The maximum atomic E-state index is 12.2. The Hall–Kier alpha value is -2.52. The Morgan fingerprint density at radius 1 is 1.40 bits per heavy atom. The van der Waals surface area contributed by atoms with Crippen LogP contribution in [0.4, 0.5) is 5.82 Å². The summed E-state index contributed by atoms with van der Waals surface area (Å²) in [6.45, 7) is 1.09. The summed E-state index contributed by atoms with van der Waals surface area (Å²) in [6, 6.07) is 7.55.